The third-order valence-electron chi connectivity index (χ3n) is 3.56. The van der Waals surface area contributed by atoms with Crippen molar-refractivity contribution in [2.45, 2.75) is 32.2 Å². The van der Waals surface area contributed by atoms with Crippen LogP contribution in [0, 0.1) is 0 Å². The first kappa shape index (κ1) is 15.2. The van der Waals surface area contributed by atoms with Gasteiger partial charge in [0, 0.05) is 24.3 Å². The molecular formula is C15H20N2O4. The van der Waals surface area contributed by atoms with Crippen LogP contribution in [-0.2, 0) is 4.79 Å². The van der Waals surface area contributed by atoms with Gasteiger partial charge in [0.1, 0.15) is 5.75 Å². The summed E-state index contributed by atoms with van der Waals surface area (Å²) < 4.78 is 5.09. The number of hydrogen-bond acceptors (Lipinski definition) is 3. The molecule has 0 spiro atoms. The van der Waals surface area contributed by atoms with Crippen LogP contribution in [0.25, 0.3) is 0 Å². The lowest BCUT2D eigenvalue weighted by molar-refractivity contribution is -0.139. The summed E-state index contributed by atoms with van der Waals surface area (Å²) in [6.07, 6.45) is 3.04. The number of carbonyl (C=O) groups excluding carboxylic acids is 1. The van der Waals surface area contributed by atoms with E-state index in [0.717, 1.165) is 25.8 Å². The summed E-state index contributed by atoms with van der Waals surface area (Å²) in [5, 5.41) is 11.4. The number of benzene rings is 1. The molecule has 0 aliphatic carbocycles. The first-order chi connectivity index (χ1) is 10.1. The number of ether oxygens (including phenoxy) is 1. The lowest BCUT2D eigenvalue weighted by Gasteiger charge is -2.24. The fourth-order valence-electron chi connectivity index (χ4n) is 2.53. The number of hydrogen-bond donors (Lipinski definition) is 2. The van der Waals surface area contributed by atoms with Gasteiger partial charge in [0.05, 0.1) is 0 Å². The zero-order valence-corrected chi connectivity index (χ0v) is 12.0. The highest BCUT2D eigenvalue weighted by Gasteiger charge is 2.27. The van der Waals surface area contributed by atoms with Crippen molar-refractivity contribution in [2.75, 3.05) is 18.5 Å². The van der Waals surface area contributed by atoms with Gasteiger partial charge in [0.15, 0.2) is 6.61 Å². The minimum atomic E-state index is -1.03. The van der Waals surface area contributed by atoms with Crippen molar-refractivity contribution in [1.82, 2.24) is 4.90 Å². The van der Waals surface area contributed by atoms with E-state index in [1.54, 1.807) is 24.3 Å². The second-order valence-electron chi connectivity index (χ2n) is 5.04. The van der Waals surface area contributed by atoms with E-state index in [9.17, 15) is 9.59 Å². The van der Waals surface area contributed by atoms with Crippen LogP contribution in [0.4, 0.5) is 10.5 Å². The maximum absolute atomic E-state index is 12.2. The van der Waals surface area contributed by atoms with Crippen LogP contribution in [0.5, 0.6) is 5.75 Å². The molecule has 2 amide bonds. The van der Waals surface area contributed by atoms with Crippen molar-refractivity contribution in [2.24, 2.45) is 0 Å². The Morgan fingerprint density at radius 1 is 1.48 bits per heavy atom. The fourth-order valence-corrected chi connectivity index (χ4v) is 2.53. The summed E-state index contributed by atoms with van der Waals surface area (Å²) in [4.78, 5) is 24.6. The predicted octanol–water partition coefficient (Wildman–Crippen LogP) is 2.56. The molecule has 1 atom stereocenters. The van der Waals surface area contributed by atoms with Crippen LogP contribution in [0.2, 0.25) is 0 Å². The van der Waals surface area contributed by atoms with Crippen molar-refractivity contribution in [3.05, 3.63) is 24.3 Å². The summed E-state index contributed by atoms with van der Waals surface area (Å²) in [6, 6.07) is 6.93. The molecule has 1 heterocycles. The third kappa shape index (κ3) is 4.11. The monoisotopic (exact) mass is 292 g/mol. The molecule has 0 bridgehead atoms. The Bertz CT molecular complexity index is 518. The zero-order chi connectivity index (χ0) is 15.2. The summed E-state index contributed by atoms with van der Waals surface area (Å²) >= 11 is 0. The molecule has 1 fully saturated rings. The smallest absolute Gasteiger partial charge is 0.341 e. The summed E-state index contributed by atoms with van der Waals surface area (Å²) in [5.41, 5.74) is 0.602. The number of carboxylic acids is 1. The first-order valence-corrected chi connectivity index (χ1v) is 7.12. The van der Waals surface area contributed by atoms with Gasteiger partial charge >= 0.3 is 12.0 Å². The summed E-state index contributed by atoms with van der Waals surface area (Å²) in [5.74, 6) is -0.615. The van der Waals surface area contributed by atoms with Crippen molar-refractivity contribution >= 4 is 17.7 Å². The number of nitrogens with one attached hydrogen (secondary N) is 1. The maximum Gasteiger partial charge on any atom is 0.341 e. The van der Waals surface area contributed by atoms with Gasteiger partial charge in [0.25, 0.3) is 0 Å². The molecule has 1 aliphatic rings. The third-order valence-corrected chi connectivity index (χ3v) is 3.56. The number of rotatable bonds is 5. The molecule has 0 aromatic heterocycles. The Morgan fingerprint density at radius 3 is 3.00 bits per heavy atom. The molecule has 1 unspecified atom stereocenters. The van der Waals surface area contributed by atoms with E-state index in [1.165, 1.54) is 0 Å². The number of nitrogens with zero attached hydrogens (tertiary/aromatic N) is 1. The SMILES string of the molecule is CCC1CCCN1C(=O)Nc1cccc(OCC(=O)O)c1. The van der Waals surface area contributed by atoms with E-state index in [1.807, 2.05) is 4.90 Å². The predicted molar refractivity (Wildman–Crippen MR) is 78.6 cm³/mol. The highest BCUT2D eigenvalue weighted by molar-refractivity contribution is 5.90. The largest absolute Gasteiger partial charge is 0.482 e. The van der Waals surface area contributed by atoms with Crippen LogP contribution in [0.1, 0.15) is 26.2 Å². The number of aliphatic carboxylic acids is 1. The highest BCUT2D eigenvalue weighted by Crippen LogP contribution is 2.22. The minimum absolute atomic E-state index is 0.116. The van der Waals surface area contributed by atoms with Crippen molar-refractivity contribution in [3.8, 4) is 5.75 Å². The molecule has 1 aromatic carbocycles. The summed E-state index contributed by atoms with van der Waals surface area (Å²) in [6.45, 7) is 2.46. The first-order valence-electron chi connectivity index (χ1n) is 7.12. The number of amides is 2. The Hall–Kier alpha value is -2.24. The molecule has 2 rings (SSSR count). The molecule has 6 heteroatoms. The normalized spacial score (nSPS) is 17.6. The minimum Gasteiger partial charge on any atom is -0.482 e. The molecule has 21 heavy (non-hydrogen) atoms. The van der Waals surface area contributed by atoms with Gasteiger partial charge in [-0.2, -0.15) is 0 Å². The van der Waals surface area contributed by atoms with Gasteiger partial charge in [0.2, 0.25) is 0 Å². The van der Waals surface area contributed by atoms with Gasteiger partial charge in [-0.25, -0.2) is 9.59 Å². The average molecular weight is 292 g/mol. The fraction of sp³-hybridized carbons (Fsp3) is 0.467. The van der Waals surface area contributed by atoms with E-state index < -0.39 is 12.6 Å². The second kappa shape index (κ2) is 6.97. The molecular weight excluding hydrogens is 272 g/mol. The Morgan fingerprint density at radius 2 is 2.29 bits per heavy atom. The maximum atomic E-state index is 12.2. The van der Waals surface area contributed by atoms with Crippen molar-refractivity contribution < 1.29 is 19.4 Å². The van der Waals surface area contributed by atoms with E-state index >= 15 is 0 Å². The molecule has 1 aliphatic heterocycles. The number of carboxylic acid groups (broad SMARTS) is 1. The van der Waals surface area contributed by atoms with Gasteiger partial charge in [-0.15, -0.1) is 0 Å². The van der Waals surface area contributed by atoms with Crippen LogP contribution in [0.15, 0.2) is 24.3 Å². The van der Waals surface area contributed by atoms with E-state index in [-0.39, 0.29) is 6.03 Å². The van der Waals surface area contributed by atoms with Crippen LogP contribution >= 0.6 is 0 Å². The second-order valence-corrected chi connectivity index (χ2v) is 5.04. The van der Waals surface area contributed by atoms with Crippen molar-refractivity contribution in [1.29, 1.82) is 0 Å². The van der Waals surface area contributed by atoms with Gasteiger partial charge < -0.3 is 20.1 Å². The van der Waals surface area contributed by atoms with Crippen molar-refractivity contribution in [3.63, 3.8) is 0 Å². The van der Waals surface area contributed by atoms with E-state index in [4.69, 9.17) is 9.84 Å². The average Bonchev–Trinajstić information content (AvgIpc) is 2.94. The van der Waals surface area contributed by atoms with Gasteiger partial charge in [-0.3, -0.25) is 0 Å². The number of anilines is 1. The Labute approximate surface area is 123 Å². The lowest BCUT2D eigenvalue weighted by Crippen LogP contribution is -2.38. The Kier molecular flexibility index (Phi) is 5.03. The molecule has 1 saturated heterocycles. The molecule has 1 aromatic rings. The van der Waals surface area contributed by atoms with Crippen LogP contribution in [-0.4, -0.2) is 41.2 Å². The van der Waals surface area contributed by atoms with E-state index in [0.29, 0.717) is 17.5 Å². The number of carbonyl (C=O) groups is 2. The summed E-state index contributed by atoms with van der Waals surface area (Å²) in [7, 11) is 0. The quantitative estimate of drug-likeness (QED) is 0.874. The molecule has 2 N–H and O–H groups in total. The lowest BCUT2D eigenvalue weighted by atomic mass is 10.2. The number of likely N-dealkylation sites (tertiary alicyclic amines) is 1. The standard InChI is InChI=1S/C15H20N2O4/c1-2-12-6-4-8-17(12)15(20)16-11-5-3-7-13(9-11)21-10-14(18)19/h3,5,7,9,12H,2,4,6,8,10H2,1H3,(H,16,20)(H,18,19). The molecule has 0 saturated carbocycles. The highest BCUT2D eigenvalue weighted by atomic mass is 16.5. The topological polar surface area (TPSA) is 78.9 Å². The van der Waals surface area contributed by atoms with Crippen LogP contribution in [0.3, 0.4) is 0 Å². The molecule has 114 valence electrons. The van der Waals surface area contributed by atoms with Crippen LogP contribution < -0.4 is 10.1 Å². The molecule has 6 nitrogen and oxygen atoms in total. The zero-order valence-electron chi connectivity index (χ0n) is 12.0. The van der Waals surface area contributed by atoms with E-state index in [2.05, 4.69) is 12.2 Å². The number of urea groups is 1. The van der Waals surface area contributed by atoms with Gasteiger partial charge in [-0.05, 0) is 31.4 Å². The Balaban J connectivity index is 1.97. The van der Waals surface area contributed by atoms with Gasteiger partial charge in [-0.1, -0.05) is 13.0 Å². The molecule has 0 radical (unpaired) electrons.